The van der Waals surface area contributed by atoms with Crippen LogP contribution in [0.2, 0.25) is 0 Å². The minimum Gasteiger partial charge on any atom is -0.379 e. The molecule has 0 aromatic rings. The number of nitrogens with one attached hydrogen (secondary N) is 1. The summed E-state index contributed by atoms with van der Waals surface area (Å²) < 4.78 is 5.61. The summed E-state index contributed by atoms with van der Waals surface area (Å²) in [6, 6.07) is 0.532. The first-order chi connectivity index (χ1) is 6.00. The molecule has 1 fully saturated rings. The molecule has 2 unspecified atom stereocenters. The molecule has 1 aliphatic rings. The monoisotopic (exact) mass is 185 g/mol. The Balaban J connectivity index is 2.61. The van der Waals surface area contributed by atoms with E-state index in [1.807, 2.05) is 14.2 Å². The Morgan fingerprint density at radius 2 is 1.85 bits per heavy atom. The molecule has 78 valence electrons. The predicted octanol–water partition coefficient (Wildman–Crippen LogP) is 2.05. The molecule has 0 spiro atoms. The molecule has 0 aliphatic heterocycles. The van der Waals surface area contributed by atoms with Crippen molar-refractivity contribution in [3.63, 3.8) is 0 Å². The summed E-state index contributed by atoms with van der Waals surface area (Å²) in [5, 5.41) is 3.40. The van der Waals surface area contributed by atoms with Crippen molar-refractivity contribution < 1.29 is 4.74 Å². The highest BCUT2D eigenvalue weighted by Gasteiger charge is 2.40. The lowest BCUT2D eigenvalue weighted by molar-refractivity contribution is -0.0148. The fourth-order valence-electron chi connectivity index (χ4n) is 2.13. The highest BCUT2D eigenvalue weighted by atomic mass is 16.5. The normalized spacial score (nSPS) is 22.8. The van der Waals surface area contributed by atoms with Crippen LogP contribution in [-0.4, -0.2) is 26.3 Å². The number of hydrogen-bond donors (Lipinski definition) is 1. The number of methoxy groups -OCH3 is 1. The molecule has 1 saturated carbocycles. The van der Waals surface area contributed by atoms with Crippen LogP contribution in [0.1, 0.15) is 33.6 Å². The number of likely N-dealkylation sites (N-methyl/N-ethyl adjacent to an activating group) is 1. The molecule has 0 heterocycles. The number of ether oxygens (including phenoxy) is 1. The van der Waals surface area contributed by atoms with E-state index in [1.54, 1.807) is 0 Å². The average Bonchev–Trinajstić information content (AvgIpc) is 2.79. The molecule has 2 heteroatoms. The SMILES string of the molecule is CNC(C1CC1)C(OC)C(C)(C)C. The summed E-state index contributed by atoms with van der Waals surface area (Å²) in [4.78, 5) is 0. The first-order valence-corrected chi connectivity index (χ1v) is 5.20. The van der Waals surface area contributed by atoms with Crippen molar-refractivity contribution in [2.75, 3.05) is 14.2 Å². The molecule has 0 aromatic carbocycles. The van der Waals surface area contributed by atoms with Crippen molar-refractivity contribution in [1.29, 1.82) is 0 Å². The predicted molar refractivity (Wildman–Crippen MR) is 55.8 cm³/mol. The topological polar surface area (TPSA) is 21.3 Å². The lowest BCUT2D eigenvalue weighted by Crippen LogP contribution is -2.47. The van der Waals surface area contributed by atoms with Crippen LogP contribution < -0.4 is 5.32 Å². The second kappa shape index (κ2) is 3.97. The highest BCUT2D eigenvalue weighted by Crippen LogP contribution is 2.38. The van der Waals surface area contributed by atoms with Gasteiger partial charge in [0, 0.05) is 13.2 Å². The van der Waals surface area contributed by atoms with Gasteiger partial charge in [0.2, 0.25) is 0 Å². The van der Waals surface area contributed by atoms with Gasteiger partial charge in [0.1, 0.15) is 0 Å². The van der Waals surface area contributed by atoms with Gasteiger partial charge in [-0.15, -0.1) is 0 Å². The Morgan fingerprint density at radius 1 is 1.31 bits per heavy atom. The summed E-state index contributed by atoms with van der Waals surface area (Å²) in [6.07, 6.45) is 3.05. The largest absolute Gasteiger partial charge is 0.379 e. The first kappa shape index (κ1) is 11.0. The van der Waals surface area contributed by atoms with Crippen LogP contribution in [0, 0.1) is 11.3 Å². The molecule has 1 rings (SSSR count). The summed E-state index contributed by atoms with van der Waals surface area (Å²) in [6.45, 7) is 6.73. The van der Waals surface area contributed by atoms with Crippen LogP contribution >= 0.6 is 0 Å². The Kier molecular flexibility index (Phi) is 3.36. The van der Waals surface area contributed by atoms with Gasteiger partial charge < -0.3 is 10.1 Å². The van der Waals surface area contributed by atoms with Gasteiger partial charge >= 0.3 is 0 Å². The van der Waals surface area contributed by atoms with Gasteiger partial charge in [-0.05, 0) is 31.2 Å². The van der Waals surface area contributed by atoms with Crippen molar-refractivity contribution in [1.82, 2.24) is 5.32 Å². The van der Waals surface area contributed by atoms with Crippen LogP contribution in [0.3, 0.4) is 0 Å². The minimum absolute atomic E-state index is 0.227. The highest BCUT2D eigenvalue weighted by molar-refractivity contribution is 4.95. The molecule has 2 nitrogen and oxygen atoms in total. The lowest BCUT2D eigenvalue weighted by atomic mass is 9.83. The van der Waals surface area contributed by atoms with Gasteiger partial charge in [0.25, 0.3) is 0 Å². The fraction of sp³-hybridized carbons (Fsp3) is 1.00. The Labute approximate surface area is 82.0 Å². The smallest absolute Gasteiger partial charge is 0.0774 e. The van der Waals surface area contributed by atoms with E-state index in [0.29, 0.717) is 12.1 Å². The van der Waals surface area contributed by atoms with Crippen molar-refractivity contribution in [2.45, 2.75) is 45.8 Å². The minimum atomic E-state index is 0.227. The van der Waals surface area contributed by atoms with Gasteiger partial charge in [0.05, 0.1) is 6.10 Å². The van der Waals surface area contributed by atoms with Crippen LogP contribution in [0.15, 0.2) is 0 Å². The second-order valence-corrected chi connectivity index (χ2v) is 5.17. The summed E-state index contributed by atoms with van der Waals surface area (Å²) >= 11 is 0. The quantitative estimate of drug-likeness (QED) is 0.723. The summed E-state index contributed by atoms with van der Waals surface area (Å²) in [5.74, 6) is 0.842. The van der Waals surface area contributed by atoms with Crippen molar-refractivity contribution >= 4 is 0 Å². The van der Waals surface area contributed by atoms with Gasteiger partial charge in [-0.3, -0.25) is 0 Å². The molecule has 2 atom stereocenters. The Bertz CT molecular complexity index is 158. The first-order valence-electron chi connectivity index (χ1n) is 5.20. The molecule has 0 saturated heterocycles. The third kappa shape index (κ3) is 2.68. The van der Waals surface area contributed by atoms with E-state index in [1.165, 1.54) is 12.8 Å². The van der Waals surface area contributed by atoms with Gasteiger partial charge in [0.15, 0.2) is 0 Å². The zero-order chi connectivity index (χ0) is 10.1. The van der Waals surface area contributed by atoms with E-state index in [2.05, 4.69) is 26.1 Å². The Morgan fingerprint density at radius 3 is 2.08 bits per heavy atom. The van der Waals surface area contributed by atoms with Crippen molar-refractivity contribution in [2.24, 2.45) is 11.3 Å². The van der Waals surface area contributed by atoms with Crippen LogP contribution in [0.25, 0.3) is 0 Å². The molecular weight excluding hydrogens is 162 g/mol. The maximum absolute atomic E-state index is 5.61. The number of rotatable bonds is 4. The third-order valence-electron chi connectivity index (χ3n) is 2.90. The molecule has 0 aromatic heterocycles. The molecule has 1 aliphatic carbocycles. The van der Waals surface area contributed by atoms with Crippen LogP contribution in [0.5, 0.6) is 0 Å². The Hall–Kier alpha value is -0.0800. The lowest BCUT2D eigenvalue weighted by Gasteiger charge is -2.36. The summed E-state index contributed by atoms with van der Waals surface area (Å²) in [5.41, 5.74) is 0.227. The second-order valence-electron chi connectivity index (χ2n) is 5.17. The van der Waals surface area contributed by atoms with E-state index in [9.17, 15) is 0 Å². The molecule has 0 radical (unpaired) electrons. The van der Waals surface area contributed by atoms with E-state index in [0.717, 1.165) is 5.92 Å². The van der Waals surface area contributed by atoms with E-state index in [-0.39, 0.29) is 5.41 Å². The van der Waals surface area contributed by atoms with Crippen molar-refractivity contribution in [3.8, 4) is 0 Å². The number of hydrogen-bond acceptors (Lipinski definition) is 2. The summed E-state index contributed by atoms with van der Waals surface area (Å²) in [7, 11) is 3.86. The maximum atomic E-state index is 5.61. The molecule has 13 heavy (non-hydrogen) atoms. The van der Waals surface area contributed by atoms with Crippen molar-refractivity contribution in [3.05, 3.63) is 0 Å². The van der Waals surface area contributed by atoms with Gasteiger partial charge in [-0.1, -0.05) is 20.8 Å². The van der Waals surface area contributed by atoms with Gasteiger partial charge in [-0.2, -0.15) is 0 Å². The average molecular weight is 185 g/mol. The third-order valence-corrected chi connectivity index (χ3v) is 2.90. The zero-order valence-corrected chi connectivity index (χ0v) is 9.55. The molecule has 0 amide bonds. The van der Waals surface area contributed by atoms with E-state index < -0.39 is 0 Å². The van der Waals surface area contributed by atoms with E-state index >= 15 is 0 Å². The standard InChI is InChI=1S/C11H23NO/c1-11(2,3)10(13-5)9(12-4)8-6-7-8/h8-10,12H,6-7H2,1-5H3. The van der Waals surface area contributed by atoms with Gasteiger partial charge in [-0.25, -0.2) is 0 Å². The molecular formula is C11H23NO. The molecule has 0 bridgehead atoms. The van der Waals surface area contributed by atoms with Crippen LogP contribution in [-0.2, 0) is 4.74 Å². The zero-order valence-electron chi connectivity index (χ0n) is 9.55. The molecule has 1 N–H and O–H groups in total. The fourth-order valence-corrected chi connectivity index (χ4v) is 2.13. The van der Waals surface area contributed by atoms with E-state index in [4.69, 9.17) is 4.74 Å². The maximum Gasteiger partial charge on any atom is 0.0774 e. The van der Waals surface area contributed by atoms with Crippen LogP contribution in [0.4, 0.5) is 0 Å².